The molecule has 4 rings (SSSR count). The van der Waals surface area contributed by atoms with Gasteiger partial charge in [-0.2, -0.15) is 26.3 Å². The van der Waals surface area contributed by atoms with Crippen LogP contribution in [-0.2, 0) is 26.7 Å². The smallest absolute Gasteiger partial charge is 0.334 e. The Hall–Kier alpha value is -3.98. The molecule has 1 saturated heterocycles. The molecule has 0 radical (unpaired) electrons. The van der Waals surface area contributed by atoms with E-state index in [2.05, 4.69) is 28.1 Å². The molecule has 0 saturated carbocycles. The Kier molecular flexibility index (Phi) is 9.75. The number of nitrogens with zero attached hydrogens (tertiary/aromatic N) is 3. The first-order valence-corrected chi connectivity index (χ1v) is 13.9. The molecule has 0 aliphatic carbocycles. The number of halogens is 6. The van der Waals surface area contributed by atoms with Crippen LogP contribution in [-0.4, -0.2) is 45.8 Å². The molecule has 15 heteroatoms. The highest BCUT2D eigenvalue weighted by molar-refractivity contribution is 7.82. The maximum absolute atomic E-state index is 13.3. The first kappa shape index (κ1) is 31.9. The van der Waals surface area contributed by atoms with Gasteiger partial charge in [0, 0.05) is 37.1 Å². The van der Waals surface area contributed by atoms with E-state index in [1.165, 1.54) is 41.3 Å². The number of hydrogen-bond acceptors (Lipinski definition) is 7. The lowest BCUT2D eigenvalue weighted by Gasteiger charge is -2.30. The number of benzene rings is 2. The molecule has 43 heavy (non-hydrogen) atoms. The van der Waals surface area contributed by atoms with Gasteiger partial charge in [-0.25, -0.2) is 0 Å². The van der Waals surface area contributed by atoms with Gasteiger partial charge < -0.3 is 10.2 Å². The minimum Gasteiger partial charge on any atom is -0.334 e. The summed E-state index contributed by atoms with van der Waals surface area (Å²) in [6, 6.07) is 8.23. The molecular weight excluding hydrogens is 618 g/mol. The Labute approximate surface area is 250 Å². The highest BCUT2D eigenvalue weighted by atomic mass is 32.2. The van der Waals surface area contributed by atoms with Crippen molar-refractivity contribution >= 4 is 58.8 Å². The van der Waals surface area contributed by atoms with E-state index >= 15 is 0 Å². The number of hydrogen-bond donors (Lipinski definition) is 2. The molecule has 1 aliphatic rings. The van der Waals surface area contributed by atoms with Gasteiger partial charge >= 0.3 is 12.4 Å². The summed E-state index contributed by atoms with van der Waals surface area (Å²) in [7, 11) is 0. The molecule has 2 heterocycles. The van der Waals surface area contributed by atoms with Crippen LogP contribution in [0.4, 0.5) is 31.5 Å². The van der Waals surface area contributed by atoms with Crippen molar-refractivity contribution in [2.45, 2.75) is 36.0 Å². The van der Waals surface area contributed by atoms with E-state index in [1.54, 1.807) is 0 Å². The SMILES string of the molecule is O=C(CCCC(=O)N1C/C(=C\c2ccc(C(F)(F)F)cc2)C(=O)/C(=C/c2ccc(C(F)(F)F)cc2)C1)Nc1nnc(S)s1. The number of ketones is 1. The normalized spacial score (nSPS) is 16.2. The molecule has 0 spiro atoms. The standard InChI is InChI=1S/C28H22F6N4O3S2/c29-27(30,31)20-8-4-16(5-9-20)12-18-14-38(23(40)3-1-2-22(39)35-25-36-37-26(42)43-25)15-19(24(18)41)13-17-6-10-21(11-7-17)28(32,33)34/h4-13H,1-3,14-15H2,(H,37,42)(H,35,36,39)/b18-12+,19-13+. The zero-order valence-electron chi connectivity index (χ0n) is 22.0. The summed E-state index contributed by atoms with van der Waals surface area (Å²) in [6.45, 7) is -0.296. The average Bonchev–Trinajstić information content (AvgIpc) is 3.34. The number of rotatable bonds is 7. The molecule has 1 fully saturated rings. The third-order valence-corrected chi connectivity index (χ3v) is 7.28. The number of nitrogens with one attached hydrogen (secondary N) is 1. The van der Waals surface area contributed by atoms with Crippen molar-refractivity contribution in [2.75, 3.05) is 18.4 Å². The Morgan fingerprint density at radius 3 is 1.74 bits per heavy atom. The van der Waals surface area contributed by atoms with Gasteiger partial charge in [0.2, 0.25) is 16.9 Å². The number of likely N-dealkylation sites (tertiary alicyclic amines) is 1. The monoisotopic (exact) mass is 640 g/mol. The predicted molar refractivity (Wildman–Crippen MR) is 150 cm³/mol. The van der Waals surface area contributed by atoms with Crippen molar-refractivity contribution in [3.63, 3.8) is 0 Å². The third kappa shape index (κ3) is 8.76. The minimum absolute atomic E-state index is 0.0114. The maximum atomic E-state index is 13.3. The van der Waals surface area contributed by atoms with Crippen LogP contribution in [0.3, 0.4) is 0 Å². The molecule has 2 amide bonds. The number of carbonyl (C=O) groups excluding carboxylic acids is 3. The Bertz CT molecular complexity index is 1480. The van der Waals surface area contributed by atoms with Crippen LogP contribution >= 0.6 is 24.0 Å². The van der Waals surface area contributed by atoms with E-state index < -0.39 is 41.1 Å². The Balaban J connectivity index is 1.53. The van der Waals surface area contributed by atoms with Crippen molar-refractivity contribution in [1.82, 2.24) is 15.1 Å². The summed E-state index contributed by atoms with van der Waals surface area (Å²) in [5.74, 6) is -1.29. The first-order chi connectivity index (χ1) is 20.2. The van der Waals surface area contributed by atoms with Crippen molar-refractivity contribution in [3.8, 4) is 0 Å². The van der Waals surface area contributed by atoms with Crippen molar-refractivity contribution < 1.29 is 40.7 Å². The summed E-state index contributed by atoms with van der Waals surface area (Å²) >= 11 is 5.08. The molecule has 1 N–H and O–H groups in total. The molecule has 0 atom stereocenters. The summed E-state index contributed by atoms with van der Waals surface area (Å²) in [5.41, 5.74) is -0.950. The van der Waals surface area contributed by atoms with E-state index in [1.807, 2.05) is 0 Å². The zero-order valence-corrected chi connectivity index (χ0v) is 23.7. The van der Waals surface area contributed by atoms with E-state index in [4.69, 9.17) is 0 Å². The lowest BCUT2D eigenvalue weighted by Crippen LogP contribution is -2.41. The van der Waals surface area contributed by atoms with Gasteiger partial charge in [-0.15, -0.1) is 22.8 Å². The number of alkyl halides is 6. The maximum Gasteiger partial charge on any atom is 0.416 e. The Morgan fingerprint density at radius 2 is 1.33 bits per heavy atom. The van der Waals surface area contributed by atoms with Gasteiger partial charge in [-0.1, -0.05) is 35.6 Å². The average molecular weight is 641 g/mol. The van der Waals surface area contributed by atoms with Gasteiger partial charge in [-0.05, 0) is 54.0 Å². The van der Waals surface area contributed by atoms with Crippen LogP contribution in [0, 0.1) is 0 Å². The van der Waals surface area contributed by atoms with Gasteiger partial charge in [0.1, 0.15) is 0 Å². The molecule has 0 bridgehead atoms. The molecule has 0 unspecified atom stereocenters. The third-order valence-electron chi connectivity index (χ3n) is 6.27. The highest BCUT2D eigenvalue weighted by Gasteiger charge is 2.32. The molecule has 2 aromatic carbocycles. The van der Waals surface area contributed by atoms with Gasteiger partial charge in [0.05, 0.1) is 11.1 Å². The molecular formula is C28H22F6N4O3S2. The predicted octanol–water partition coefficient (Wildman–Crippen LogP) is 6.55. The molecule has 3 aromatic rings. The lowest BCUT2D eigenvalue weighted by atomic mass is 9.93. The first-order valence-electron chi connectivity index (χ1n) is 12.6. The fourth-order valence-electron chi connectivity index (χ4n) is 4.16. The quantitative estimate of drug-likeness (QED) is 0.132. The molecule has 1 aliphatic heterocycles. The summed E-state index contributed by atoms with van der Waals surface area (Å²) < 4.78 is 78.2. The number of amides is 2. The number of aromatic nitrogens is 2. The van der Waals surface area contributed by atoms with Crippen LogP contribution in [0.15, 0.2) is 64.0 Å². The van der Waals surface area contributed by atoms with Crippen LogP contribution in [0.5, 0.6) is 0 Å². The van der Waals surface area contributed by atoms with E-state index in [9.17, 15) is 40.7 Å². The van der Waals surface area contributed by atoms with Crippen LogP contribution in [0.25, 0.3) is 12.2 Å². The number of piperidine rings is 1. The topological polar surface area (TPSA) is 92.3 Å². The zero-order chi connectivity index (χ0) is 31.4. The van der Waals surface area contributed by atoms with E-state index in [0.29, 0.717) is 4.34 Å². The second-order valence-electron chi connectivity index (χ2n) is 9.45. The largest absolute Gasteiger partial charge is 0.416 e. The van der Waals surface area contributed by atoms with Crippen LogP contribution in [0.1, 0.15) is 41.5 Å². The highest BCUT2D eigenvalue weighted by Crippen LogP contribution is 2.31. The van der Waals surface area contributed by atoms with Crippen molar-refractivity contribution in [2.24, 2.45) is 0 Å². The van der Waals surface area contributed by atoms with Gasteiger partial charge in [-0.3, -0.25) is 14.4 Å². The molecule has 1 aromatic heterocycles. The second-order valence-corrected chi connectivity index (χ2v) is 11.2. The number of anilines is 1. The van der Waals surface area contributed by atoms with Gasteiger partial charge in [0.25, 0.3) is 0 Å². The van der Waals surface area contributed by atoms with Crippen LogP contribution in [0.2, 0.25) is 0 Å². The summed E-state index contributed by atoms with van der Waals surface area (Å²) in [4.78, 5) is 40.0. The second kappa shape index (κ2) is 13.1. The molecule has 226 valence electrons. The lowest BCUT2D eigenvalue weighted by molar-refractivity contribution is -0.138. The Morgan fingerprint density at radius 1 is 0.837 bits per heavy atom. The van der Waals surface area contributed by atoms with E-state index in [0.717, 1.165) is 35.6 Å². The van der Waals surface area contributed by atoms with Crippen LogP contribution < -0.4 is 5.32 Å². The number of thiol groups is 1. The minimum atomic E-state index is -4.54. The fraction of sp³-hybridized carbons (Fsp3) is 0.250. The van der Waals surface area contributed by atoms with Gasteiger partial charge in [0.15, 0.2) is 10.1 Å². The number of Topliss-reactive ketones (excluding diaryl/α,β-unsaturated/α-hetero) is 1. The summed E-state index contributed by atoms with van der Waals surface area (Å²) in [6.07, 6.45) is -6.26. The van der Waals surface area contributed by atoms with Crippen molar-refractivity contribution in [3.05, 3.63) is 81.9 Å². The molecule has 7 nitrogen and oxygen atoms in total. The fourth-order valence-corrected chi connectivity index (χ4v) is 4.97. The number of carbonyl (C=O) groups is 3. The van der Waals surface area contributed by atoms with E-state index in [-0.39, 0.29) is 59.8 Å². The summed E-state index contributed by atoms with van der Waals surface area (Å²) in [5, 5.41) is 10.2. The van der Waals surface area contributed by atoms with Crippen molar-refractivity contribution in [1.29, 1.82) is 0 Å².